The highest BCUT2D eigenvalue weighted by molar-refractivity contribution is 5.91. The van der Waals surface area contributed by atoms with Crippen molar-refractivity contribution < 1.29 is 14.3 Å². The van der Waals surface area contributed by atoms with E-state index in [4.69, 9.17) is 4.74 Å². The largest absolute Gasteiger partial charge is 0.459 e. The van der Waals surface area contributed by atoms with Gasteiger partial charge in [0.15, 0.2) is 0 Å². The van der Waals surface area contributed by atoms with E-state index in [1.54, 1.807) is 11.3 Å². The van der Waals surface area contributed by atoms with Crippen molar-refractivity contribution in [3.63, 3.8) is 0 Å². The number of carbonyl (C=O) groups excluding carboxylic acids is 2. The molecule has 0 aromatic heterocycles. The Morgan fingerprint density at radius 3 is 2.65 bits per heavy atom. The third-order valence-electron chi connectivity index (χ3n) is 5.29. The number of nitrogens with zero attached hydrogens (tertiary/aromatic N) is 1. The number of benzene rings is 2. The molecule has 1 amide bonds. The van der Waals surface area contributed by atoms with Gasteiger partial charge in [0.25, 0.3) is 0 Å². The Labute approximate surface area is 153 Å². The highest BCUT2D eigenvalue weighted by Crippen LogP contribution is 2.39. The van der Waals surface area contributed by atoms with Crippen molar-refractivity contribution >= 4 is 11.9 Å². The number of piperidine rings is 1. The van der Waals surface area contributed by atoms with E-state index in [-0.39, 0.29) is 24.5 Å². The van der Waals surface area contributed by atoms with Crippen LogP contribution in [0, 0.1) is 6.42 Å². The van der Waals surface area contributed by atoms with Crippen LogP contribution in [-0.4, -0.2) is 22.8 Å². The number of ether oxygens (including phenoxy) is 1. The zero-order valence-corrected chi connectivity index (χ0v) is 14.6. The maximum Gasteiger partial charge on any atom is 0.329 e. The van der Waals surface area contributed by atoms with Gasteiger partial charge in [0.2, 0.25) is 5.91 Å². The SMILES string of the molecule is O=C(OCc1ccccc1)C1CCCC2c3ccccc3C[CH]C(=O)N12. The second-order valence-corrected chi connectivity index (χ2v) is 6.91. The Morgan fingerprint density at radius 1 is 1.04 bits per heavy atom. The van der Waals surface area contributed by atoms with E-state index >= 15 is 0 Å². The van der Waals surface area contributed by atoms with Gasteiger partial charge < -0.3 is 9.64 Å². The summed E-state index contributed by atoms with van der Waals surface area (Å²) >= 11 is 0. The Morgan fingerprint density at radius 2 is 1.81 bits per heavy atom. The molecule has 0 aliphatic carbocycles. The number of rotatable bonds is 3. The molecule has 2 aromatic rings. The summed E-state index contributed by atoms with van der Waals surface area (Å²) in [5, 5.41) is 0. The lowest BCUT2D eigenvalue weighted by Crippen LogP contribution is -2.49. The number of amides is 1. The quantitative estimate of drug-likeness (QED) is 0.796. The predicted octanol–water partition coefficient (Wildman–Crippen LogP) is 3.61. The first-order chi connectivity index (χ1) is 12.7. The van der Waals surface area contributed by atoms with Crippen molar-refractivity contribution in [2.24, 2.45) is 0 Å². The number of hydrogen-bond donors (Lipinski definition) is 0. The molecule has 1 fully saturated rings. The van der Waals surface area contributed by atoms with Gasteiger partial charge in [-0.05, 0) is 42.4 Å². The van der Waals surface area contributed by atoms with Gasteiger partial charge in [0.05, 0.1) is 12.5 Å². The molecule has 4 nitrogen and oxygen atoms in total. The van der Waals surface area contributed by atoms with Crippen LogP contribution in [0.2, 0.25) is 0 Å². The van der Waals surface area contributed by atoms with E-state index in [0.717, 1.165) is 24.0 Å². The summed E-state index contributed by atoms with van der Waals surface area (Å²) in [7, 11) is 0. The normalized spacial score (nSPS) is 22.2. The fraction of sp³-hybridized carbons (Fsp3) is 0.318. The fourth-order valence-corrected chi connectivity index (χ4v) is 4.02. The van der Waals surface area contributed by atoms with Crippen LogP contribution in [0.3, 0.4) is 0 Å². The van der Waals surface area contributed by atoms with E-state index in [1.165, 1.54) is 5.56 Å². The Hall–Kier alpha value is -2.62. The maximum atomic E-state index is 12.8. The molecule has 0 N–H and O–H groups in total. The predicted molar refractivity (Wildman–Crippen MR) is 97.9 cm³/mol. The molecule has 0 bridgehead atoms. The fourth-order valence-electron chi connectivity index (χ4n) is 4.02. The Balaban J connectivity index is 1.55. The monoisotopic (exact) mass is 348 g/mol. The molecule has 26 heavy (non-hydrogen) atoms. The van der Waals surface area contributed by atoms with E-state index in [2.05, 4.69) is 12.1 Å². The van der Waals surface area contributed by atoms with Gasteiger partial charge in [-0.2, -0.15) is 0 Å². The van der Waals surface area contributed by atoms with Gasteiger partial charge in [-0.3, -0.25) is 4.79 Å². The second-order valence-electron chi connectivity index (χ2n) is 6.91. The zero-order chi connectivity index (χ0) is 17.9. The molecule has 2 unspecified atom stereocenters. The van der Waals surface area contributed by atoms with Crippen molar-refractivity contribution in [3.8, 4) is 0 Å². The number of carbonyl (C=O) groups is 2. The van der Waals surface area contributed by atoms with Crippen LogP contribution < -0.4 is 0 Å². The molecular formula is C22H22NO3. The van der Waals surface area contributed by atoms with E-state index < -0.39 is 6.04 Å². The number of hydrogen-bond acceptors (Lipinski definition) is 3. The van der Waals surface area contributed by atoms with E-state index in [0.29, 0.717) is 12.8 Å². The van der Waals surface area contributed by atoms with Crippen LogP contribution in [0.1, 0.15) is 42.0 Å². The summed E-state index contributed by atoms with van der Waals surface area (Å²) in [4.78, 5) is 27.3. The molecule has 1 saturated heterocycles. The summed E-state index contributed by atoms with van der Waals surface area (Å²) in [6, 6.07) is 17.2. The first kappa shape index (κ1) is 16.8. The average Bonchev–Trinajstić information content (AvgIpc) is 2.84. The molecule has 2 aromatic carbocycles. The molecule has 2 heterocycles. The van der Waals surface area contributed by atoms with Crippen molar-refractivity contribution in [3.05, 3.63) is 77.7 Å². The second kappa shape index (κ2) is 7.32. The van der Waals surface area contributed by atoms with Crippen molar-refractivity contribution in [1.82, 2.24) is 4.90 Å². The van der Waals surface area contributed by atoms with Crippen LogP contribution in [0.5, 0.6) is 0 Å². The van der Waals surface area contributed by atoms with Gasteiger partial charge in [-0.15, -0.1) is 0 Å². The Kier molecular flexibility index (Phi) is 4.74. The van der Waals surface area contributed by atoms with Crippen LogP contribution in [-0.2, 0) is 27.4 Å². The van der Waals surface area contributed by atoms with Crippen LogP contribution in [0.25, 0.3) is 0 Å². The highest BCUT2D eigenvalue weighted by atomic mass is 16.5. The summed E-state index contributed by atoms with van der Waals surface area (Å²) in [5.41, 5.74) is 3.29. The lowest BCUT2D eigenvalue weighted by Gasteiger charge is -2.40. The minimum atomic E-state index is -0.507. The third kappa shape index (κ3) is 3.24. The smallest absolute Gasteiger partial charge is 0.329 e. The standard InChI is InChI=1S/C22H22NO3/c24-21-14-13-17-9-4-5-10-18(17)19-11-6-12-20(23(19)21)22(25)26-15-16-7-2-1-3-8-16/h1-5,7-10,14,19-20H,6,11-13,15H2. The third-order valence-corrected chi connectivity index (χ3v) is 5.29. The molecule has 133 valence electrons. The lowest BCUT2D eigenvalue weighted by atomic mass is 9.89. The lowest BCUT2D eigenvalue weighted by molar-refractivity contribution is -0.159. The van der Waals surface area contributed by atoms with Gasteiger partial charge in [-0.1, -0.05) is 54.6 Å². The maximum absolute atomic E-state index is 12.8. The summed E-state index contributed by atoms with van der Waals surface area (Å²) in [6.45, 7) is 0.239. The topological polar surface area (TPSA) is 46.6 Å². The van der Waals surface area contributed by atoms with Crippen molar-refractivity contribution in [2.45, 2.75) is 44.4 Å². The molecule has 2 aliphatic rings. The van der Waals surface area contributed by atoms with Crippen molar-refractivity contribution in [2.75, 3.05) is 0 Å². The van der Waals surface area contributed by atoms with E-state index in [9.17, 15) is 9.59 Å². The van der Waals surface area contributed by atoms with Crippen LogP contribution >= 0.6 is 0 Å². The average molecular weight is 348 g/mol. The van der Waals surface area contributed by atoms with Gasteiger partial charge >= 0.3 is 5.97 Å². The summed E-state index contributed by atoms with van der Waals surface area (Å²) < 4.78 is 5.55. The number of fused-ring (bicyclic) bond motifs is 3. The van der Waals surface area contributed by atoms with Crippen LogP contribution in [0.4, 0.5) is 0 Å². The molecule has 0 spiro atoms. The summed E-state index contributed by atoms with van der Waals surface area (Å²) in [5.74, 6) is -0.368. The van der Waals surface area contributed by atoms with Gasteiger partial charge in [0.1, 0.15) is 12.6 Å². The Bertz CT molecular complexity index is 802. The van der Waals surface area contributed by atoms with Gasteiger partial charge in [-0.25, -0.2) is 4.79 Å². The summed E-state index contributed by atoms with van der Waals surface area (Å²) in [6.07, 6.45) is 4.77. The highest BCUT2D eigenvalue weighted by Gasteiger charge is 2.41. The van der Waals surface area contributed by atoms with Gasteiger partial charge in [0, 0.05) is 0 Å². The van der Waals surface area contributed by atoms with Crippen LogP contribution in [0.15, 0.2) is 54.6 Å². The molecule has 2 atom stereocenters. The molecule has 2 aliphatic heterocycles. The molecule has 0 saturated carbocycles. The molecule has 4 heteroatoms. The molecule has 4 rings (SSSR count). The molecular weight excluding hydrogens is 326 g/mol. The number of esters is 1. The zero-order valence-electron chi connectivity index (χ0n) is 14.6. The van der Waals surface area contributed by atoms with E-state index in [1.807, 2.05) is 42.5 Å². The first-order valence-corrected chi connectivity index (χ1v) is 9.18. The minimum absolute atomic E-state index is 0.0412. The first-order valence-electron chi connectivity index (χ1n) is 9.18. The van der Waals surface area contributed by atoms with Crippen molar-refractivity contribution in [1.29, 1.82) is 0 Å². The minimum Gasteiger partial charge on any atom is -0.459 e. The molecule has 1 radical (unpaired) electrons.